The maximum Gasteiger partial charge on any atom is 0.130 e. The van der Waals surface area contributed by atoms with E-state index in [4.69, 9.17) is 15.2 Å². The zero-order valence-corrected chi connectivity index (χ0v) is 9.79. The second-order valence-electron chi connectivity index (χ2n) is 3.64. The van der Waals surface area contributed by atoms with E-state index in [-0.39, 0.29) is 5.56 Å². The van der Waals surface area contributed by atoms with Gasteiger partial charge in [0.2, 0.25) is 0 Å². The van der Waals surface area contributed by atoms with Gasteiger partial charge in [-0.05, 0) is 18.6 Å². The van der Waals surface area contributed by atoms with Crippen LogP contribution in [0.15, 0.2) is 18.2 Å². The van der Waals surface area contributed by atoms with Gasteiger partial charge in [0, 0.05) is 25.3 Å². The van der Waals surface area contributed by atoms with Gasteiger partial charge in [-0.25, -0.2) is 8.78 Å². The molecule has 1 aromatic carbocycles. The Morgan fingerprint density at radius 3 is 2.41 bits per heavy atom. The lowest BCUT2D eigenvalue weighted by Gasteiger charge is -2.13. The van der Waals surface area contributed by atoms with Crippen LogP contribution in [0.4, 0.5) is 8.78 Å². The van der Waals surface area contributed by atoms with E-state index in [1.54, 1.807) is 7.11 Å². The van der Waals surface area contributed by atoms with Crippen LogP contribution in [-0.4, -0.2) is 26.9 Å². The minimum Gasteiger partial charge on any atom is -0.382 e. The smallest absolute Gasteiger partial charge is 0.130 e. The van der Waals surface area contributed by atoms with Gasteiger partial charge < -0.3 is 15.2 Å². The molecule has 1 unspecified atom stereocenters. The fraction of sp³-hybridized carbons (Fsp3) is 0.500. The fourth-order valence-electron chi connectivity index (χ4n) is 1.46. The van der Waals surface area contributed by atoms with Gasteiger partial charge in [-0.2, -0.15) is 0 Å². The molecule has 0 amide bonds. The standard InChI is InChI=1S/C12H17F2NO2/c1-16-7-8-17-6-5-11(15)12-9(13)3-2-4-10(12)14/h2-4,11H,5-8,15H2,1H3. The van der Waals surface area contributed by atoms with Gasteiger partial charge in [-0.3, -0.25) is 0 Å². The number of benzene rings is 1. The van der Waals surface area contributed by atoms with Crippen molar-refractivity contribution in [2.24, 2.45) is 5.73 Å². The summed E-state index contributed by atoms with van der Waals surface area (Å²) >= 11 is 0. The third-order valence-corrected chi connectivity index (χ3v) is 2.38. The van der Waals surface area contributed by atoms with Crippen LogP contribution >= 0.6 is 0 Å². The van der Waals surface area contributed by atoms with E-state index in [0.29, 0.717) is 26.2 Å². The lowest BCUT2D eigenvalue weighted by atomic mass is 10.0. The van der Waals surface area contributed by atoms with E-state index in [2.05, 4.69) is 0 Å². The molecule has 0 aromatic heterocycles. The molecule has 2 N–H and O–H groups in total. The first-order valence-electron chi connectivity index (χ1n) is 5.43. The monoisotopic (exact) mass is 245 g/mol. The van der Waals surface area contributed by atoms with Crippen LogP contribution in [0.2, 0.25) is 0 Å². The molecule has 96 valence electrons. The Labute approximate surface area is 99.5 Å². The van der Waals surface area contributed by atoms with Crippen LogP contribution in [-0.2, 0) is 9.47 Å². The highest BCUT2D eigenvalue weighted by Gasteiger charge is 2.15. The quantitative estimate of drug-likeness (QED) is 0.747. The average molecular weight is 245 g/mol. The van der Waals surface area contributed by atoms with Crippen molar-refractivity contribution in [3.63, 3.8) is 0 Å². The highest BCUT2D eigenvalue weighted by molar-refractivity contribution is 5.22. The van der Waals surface area contributed by atoms with Crippen LogP contribution < -0.4 is 5.73 Å². The summed E-state index contributed by atoms with van der Waals surface area (Å²) in [5.74, 6) is -1.23. The first-order valence-corrected chi connectivity index (χ1v) is 5.43. The third-order valence-electron chi connectivity index (χ3n) is 2.38. The topological polar surface area (TPSA) is 44.5 Å². The molecule has 0 aliphatic rings. The largest absolute Gasteiger partial charge is 0.382 e. The summed E-state index contributed by atoms with van der Waals surface area (Å²) in [6.45, 7) is 1.28. The van der Waals surface area contributed by atoms with Gasteiger partial charge in [-0.1, -0.05) is 6.07 Å². The van der Waals surface area contributed by atoms with E-state index in [1.165, 1.54) is 18.2 Å². The first kappa shape index (κ1) is 14.0. The molecule has 1 atom stereocenters. The van der Waals surface area contributed by atoms with Gasteiger partial charge in [0.15, 0.2) is 0 Å². The molecule has 0 heterocycles. The zero-order valence-electron chi connectivity index (χ0n) is 9.79. The Morgan fingerprint density at radius 2 is 1.82 bits per heavy atom. The summed E-state index contributed by atoms with van der Waals surface area (Å²) in [6, 6.07) is 3.02. The minimum atomic E-state index is -0.696. The number of methoxy groups -OCH3 is 1. The van der Waals surface area contributed by atoms with E-state index < -0.39 is 17.7 Å². The molecule has 1 aromatic rings. The van der Waals surface area contributed by atoms with Gasteiger partial charge in [0.25, 0.3) is 0 Å². The highest BCUT2D eigenvalue weighted by atomic mass is 19.1. The molecule has 0 spiro atoms. The van der Waals surface area contributed by atoms with Crippen LogP contribution in [0, 0.1) is 11.6 Å². The first-order chi connectivity index (χ1) is 8.16. The summed E-state index contributed by atoms with van der Waals surface area (Å²) in [7, 11) is 1.57. The molecule has 0 bridgehead atoms. The summed E-state index contributed by atoms with van der Waals surface area (Å²) in [4.78, 5) is 0. The number of hydrogen-bond donors (Lipinski definition) is 1. The van der Waals surface area contributed by atoms with Crippen LogP contribution in [0.5, 0.6) is 0 Å². The average Bonchev–Trinajstić information content (AvgIpc) is 2.28. The van der Waals surface area contributed by atoms with E-state index in [1.807, 2.05) is 0 Å². The second-order valence-corrected chi connectivity index (χ2v) is 3.64. The molecule has 1 rings (SSSR count). The Kier molecular flexibility index (Phi) is 6.04. The molecular weight excluding hydrogens is 228 g/mol. The molecule has 0 fully saturated rings. The third kappa shape index (κ3) is 4.38. The SMILES string of the molecule is COCCOCCC(N)c1c(F)cccc1F. The van der Waals surface area contributed by atoms with Crippen LogP contribution in [0.1, 0.15) is 18.0 Å². The van der Waals surface area contributed by atoms with Crippen LogP contribution in [0.25, 0.3) is 0 Å². The van der Waals surface area contributed by atoms with Crippen molar-refractivity contribution in [2.45, 2.75) is 12.5 Å². The fourth-order valence-corrected chi connectivity index (χ4v) is 1.46. The predicted molar refractivity (Wildman–Crippen MR) is 60.6 cm³/mol. The highest BCUT2D eigenvalue weighted by Crippen LogP contribution is 2.21. The lowest BCUT2D eigenvalue weighted by molar-refractivity contribution is 0.0670. The predicted octanol–water partition coefficient (Wildman–Crippen LogP) is 2.02. The summed E-state index contributed by atoms with van der Waals surface area (Å²) in [5.41, 5.74) is 5.64. The number of hydrogen-bond acceptors (Lipinski definition) is 3. The zero-order chi connectivity index (χ0) is 12.7. The van der Waals surface area contributed by atoms with Gasteiger partial charge in [0.1, 0.15) is 11.6 Å². The molecular formula is C12H17F2NO2. The number of nitrogens with two attached hydrogens (primary N) is 1. The number of ether oxygens (including phenoxy) is 2. The van der Waals surface area contributed by atoms with E-state index >= 15 is 0 Å². The van der Waals surface area contributed by atoms with Crippen molar-refractivity contribution < 1.29 is 18.3 Å². The van der Waals surface area contributed by atoms with Crippen molar-refractivity contribution in [3.8, 4) is 0 Å². The normalized spacial score (nSPS) is 12.7. The maximum absolute atomic E-state index is 13.3. The minimum absolute atomic E-state index is 0.0807. The summed E-state index contributed by atoms with van der Waals surface area (Å²) in [6.07, 6.45) is 0.363. The number of rotatable bonds is 7. The molecule has 0 saturated carbocycles. The molecule has 0 saturated heterocycles. The Balaban J connectivity index is 2.44. The summed E-state index contributed by atoms with van der Waals surface area (Å²) < 4.78 is 36.7. The number of halogens is 2. The molecule has 0 aliphatic heterocycles. The van der Waals surface area contributed by atoms with E-state index in [0.717, 1.165) is 0 Å². The van der Waals surface area contributed by atoms with Gasteiger partial charge in [-0.15, -0.1) is 0 Å². The lowest BCUT2D eigenvalue weighted by Crippen LogP contribution is -2.17. The maximum atomic E-state index is 13.3. The molecule has 0 aliphatic carbocycles. The van der Waals surface area contributed by atoms with Crippen molar-refractivity contribution >= 4 is 0 Å². The van der Waals surface area contributed by atoms with Crippen molar-refractivity contribution in [1.29, 1.82) is 0 Å². The van der Waals surface area contributed by atoms with Crippen molar-refractivity contribution in [1.82, 2.24) is 0 Å². The molecule has 3 nitrogen and oxygen atoms in total. The molecule has 5 heteroatoms. The van der Waals surface area contributed by atoms with Gasteiger partial charge >= 0.3 is 0 Å². The molecule has 0 radical (unpaired) electrons. The second kappa shape index (κ2) is 7.32. The van der Waals surface area contributed by atoms with Crippen molar-refractivity contribution in [2.75, 3.05) is 26.9 Å². The Morgan fingerprint density at radius 1 is 1.18 bits per heavy atom. The summed E-state index contributed by atoms with van der Waals surface area (Å²) in [5, 5.41) is 0. The van der Waals surface area contributed by atoms with E-state index in [9.17, 15) is 8.78 Å². The van der Waals surface area contributed by atoms with Crippen molar-refractivity contribution in [3.05, 3.63) is 35.4 Å². The van der Waals surface area contributed by atoms with Crippen LogP contribution in [0.3, 0.4) is 0 Å². The Hall–Kier alpha value is -1.04. The molecule has 17 heavy (non-hydrogen) atoms. The van der Waals surface area contributed by atoms with Gasteiger partial charge in [0.05, 0.1) is 13.2 Å². The Bertz CT molecular complexity index is 327.